The Kier molecular flexibility index (Phi) is 4.58. The highest BCUT2D eigenvalue weighted by molar-refractivity contribution is 7.89. The van der Waals surface area contributed by atoms with Crippen LogP contribution in [0.1, 0.15) is 13.3 Å². The molecule has 0 amide bonds. The standard InChI is InChI=1S/C12H18N4O3S/c1-2-19-9-5-7-14-20(17,18)12-11(13)15-10-6-3-4-8-16(10)12/h3-4,6,8,14H,2,5,7,9,13H2,1H3. The number of nitrogens with two attached hydrogens (primary N) is 1. The highest BCUT2D eigenvalue weighted by Crippen LogP contribution is 2.19. The number of imidazole rings is 1. The quantitative estimate of drug-likeness (QED) is 0.730. The van der Waals surface area contributed by atoms with Crippen LogP contribution in [0.3, 0.4) is 0 Å². The Morgan fingerprint density at radius 1 is 1.45 bits per heavy atom. The molecule has 0 radical (unpaired) electrons. The third-order valence-electron chi connectivity index (χ3n) is 2.73. The van der Waals surface area contributed by atoms with Gasteiger partial charge in [-0.1, -0.05) is 6.07 Å². The Morgan fingerprint density at radius 2 is 2.25 bits per heavy atom. The van der Waals surface area contributed by atoms with Crippen LogP contribution in [-0.2, 0) is 14.8 Å². The maximum atomic E-state index is 12.3. The van der Waals surface area contributed by atoms with Gasteiger partial charge >= 0.3 is 0 Å². The lowest BCUT2D eigenvalue weighted by Gasteiger charge is -2.07. The van der Waals surface area contributed by atoms with Gasteiger partial charge in [-0.15, -0.1) is 0 Å². The monoisotopic (exact) mass is 298 g/mol. The molecule has 0 fully saturated rings. The zero-order valence-corrected chi connectivity index (χ0v) is 12.1. The molecule has 0 aliphatic heterocycles. The highest BCUT2D eigenvalue weighted by atomic mass is 32.2. The van der Waals surface area contributed by atoms with Crippen LogP contribution >= 0.6 is 0 Å². The van der Waals surface area contributed by atoms with Crippen LogP contribution < -0.4 is 10.5 Å². The Labute approximate surface area is 117 Å². The van der Waals surface area contributed by atoms with Gasteiger partial charge in [0.05, 0.1) is 0 Å². The SMILES string of the molecule is CCOCCCNS(=O)(=O)c1c(N)nc2ccccn12. The smallest absolute Gasteiger partial charge is 0.260 e. The number of ether oxygens (including phenoxy) is 1. The van der Waals surface area contributed by atoms with Gasteiger partial charge in [-0.3, -0.25) is 4.40 Å². The van der Waals surface area contributed by atoms with Crippen molar-refractivity contribution in [1.82, 2.24) is 14.1 Å². The molecule has 3 N–H and O–H groups in total. The Morgan fingerprint density at radius 3 is 3.00 bits per heavy atom. The van der Waals surface area contributed by atoms with E-state index in [9.17, 15) is 8.42 Å². The van der Waals surface area contributed by atoms with Crippen molar-refractivity contribution < 1.29 is 13.2 Å². The van der Waals surface area contributed by atoms with Gasteiger partial charge in [-0.05, 0) is 25.5 Å². The summed E-state index contributed by atoms with van der Waals surface area (Å²) in [6, 6.07) is 5.19. The van der Waals surface area contributed by atoms with E-state index < -0.39 is 10.0 Å². The average Bonchev–Trinajstić information content (AvgIpc) is 2.75. The molecule has 0 saturated heterocycles. The fraction of sp³-hybridized carbons (Fsp3) is 0.417. The molecule has 2 rings (SSSR count). The first-order chi connectivity index (χ1) is 9.56. The van der Waals surface area contributed by atoms with E-state index in [1.165, 1.54) is 4.40 Å². The van der Waals surface area contributed by atoms with E-state index in [0.717, 1.165) is 0 Å². The number of sulfonamides is 1. The summed E-state index contributed by atoms with van der Waals surface area (Å²) in [7, 11) is -3.69. The van der Waals surface area contributed by atoms with Gasteiger partial charge in [0, 0.05) is 26.0 Å². The molecule has 0 unspecified atom stereocenters. The Hall–Kier alpha value is -1.64. The average molecular weight is 298 g/mol. The van der Waals surface area contributed by atoms with Crippen LogP contribution in [-0.4, -0.2) is 37.6 Å². The number of anilines is 1. The van der Waals surface area contributed by atoms with Crippen LogP contribution in [0, 0.1) is 0 Å². The number of aromatic nitrogens is 2. The summed E-state index contributed by atoms with van der Waals surface area (Å²) < 4.78 is 33.7. The van der Waals surface area contributed by atoms with Gasteiger partial charge in [-0.2, -0.15) is 0 Å². The van der Waals surface area contributed by atoms with Crippen LogP contribution in [0.25, 0.3) is 5.65 Å². The van der Waals surface area contributed by atoms with Crippen LogP contribution in [0.15, 0.2) is 29.4 Å². The largest absolute Gasteiger partial charge is 0.382 e. The molecule has 20 heavy (non-hydrogen) atoms. The summed E-state index contributed by atoms with van der Waals surface area (Å²) in [6.45, 7) is 3.32. The fourth-order valence-electron chi connectivity index (χ4n) is 1.85. The van der Waals surface area contributed by atoms with Crippen LogP contribution in [0.4, 0.5) is 5.82 Å². The van der Waals surface area contributed by atoms with E-state index in [0.29, 0.717) is 31.8 Å². The summed E-state index contributed by atoms with van der Waals surface area (Å²) in [5, 5.41) is -0.0236. The zero-order chi connectivity index (χ0) is 14.6. The number of fused-ring (bicyclic) bond motifs is 1. The third kappa shape index (κ3) is 3.09. The maximum absolute atomic E-state index is 12.3. The molecule has 0 bridgehead atoms. The van der Waals surface area contributed by atoms with E-state index >= 15 is 0 Å². The number of pyridine rings is 1. The molecule has 0 aliphatic carbocycles. The van der Waals surface area contributed by atoms with E-state index in [1.807, 2.05) is 6.92 Å². The molecule has 8 heteroatoms. The Bertz CT molecular complexity index is 681. The minimum absolute atomic E-state index is 0.00601. The van der Waals surface area contributed by atoms with Crippen molar-refractivity contribution in [2.75, 3.05) is 25.5 Å². The minimum atomic E-state index is -3.69. The molecule has 0 aromatic carbocycles. The lowest BCUT2D eigenvalue weighted by Crippen LogP contribution is -2.27. The van der Waals surface area contributed by atoms with E-state index in [-0.39, 0.29) is 10.8 Å². The van der Waals surface area contributed by atoms with Crippen molar-refractivity contribution in [3.05, 3.63) is 24.4 Å². The van der Waals surface area contributed by atoms with Gasteiger partial charge in [0.1, 0.15) is 5.65 Å². The van der Waals surface area contributed by atoms with Gasteiger partial charge < -0.3 is 10.5 Å². The number of nitrogens with zero attached hydrogens (tertiary/aromatic N) is 2. The first kappa shape index (κ1) is 14.8. The molecular weight excluding hydrogens is 280 g/mol. The molecule has 7 nitrogen and oxygen atoms in total. The van der Waals surface area contributed by atoms with Crippen molar-refractivity contribution in [2.45, 2.75) is 18.4 Å². The maximum Gasteiger partial charge on any atom is 0.260 e. The van der Waals surface area contributed by atoms with Crippen molar-refractivity contribution in [3.63, 3.8) is 0 Å². The molecule has 2 aromatic rings. The van der Waals surface area contributed by atoms with E-state index in [1.54, 1.807) is 24.4 Å². The first-order valence-corrected chi connectivity index (χ1v) is 7.84. The highest BCUT2D eigenvalue weighted by Gasteiger charge is 2.23. The summed E-state index contributed by atoms with van der Waals surface area (Å²) in [5.74, 6) is -0.00601. The van der Waals surface area contributed by atoms with E-state index in [2.05, 4.69) is 9.71 Å². The molecule has 0 spiro atoms. The molecule has 110 valence electrons. The molecule has 2 aromatic heterocycles. The summed E-state index contributed by atoms with van der Waals surface area (Å²) in [4.78, 5) is 4.03. The summed E-state index contributed by atoms with van der Waals surface area (Å²) >= 11 is 0. The molecule has 0 saturated carbocycles. The lowest BCUT2D eigenvalue weighted by atomic mass is 10.5. The number of nitrogen functional groups attached to an aromatic ring is 1. The predicted molar refractivity (Wildman–Crippen MR) is 75.9 cm³/mol. The normalized spacial score (nSPS) is 12.1. The predicted octanol–water partition coefficient (Wildman–Crippen LogP) is 0.621. The van der Waals surface area contributed by atoms with Gasteiger partial charge in [-0.25, -0.2) is 18.1 Å². The molecule has 0 aliphatic rings. The number of rotatable bonds is 7. The van der Waals surface area contributed by atoms with E-state index in [4.69, 9.17) is 10.5 Å². The van der Waals surface area contributed by atoms with Gasteiger partial charge in [0.25, 0.3) is 10.0 Å². The van der Waals surface area contributed by atoms with Crippen molar-refractivity contribution in [3.8, 4) is 0 Å². The number of nitrogens with one attached hydrogen (secondary N) is 1. The number of hydrogen-bond acceptors (Lipinski definition) is 5. The molecule has 2 heterocycles. The van der Waals surface area contributed by atoms with Crippen molar-refractivity contribution >= 4 is 21.5 Å². The first-order valence-electron chi connectivity index (χ1n) is 6.36. The molecular formula is C12H18N4O3S. The molecule has 0 atom stereocenters. The zero-order valence-electron chi connectivity index (χ0n) is 11.2. The number of hydrogen-bond donors (Lipinski definition) is 2. The van der Waals surface area contributed by atoms with Crippen LogP contribution in [0.2, 0.25) is 0 Å². The van der Waals surface area contributed by atoms with Gasteiger partial charge in [0.15, 0.2) is 10.8 Å². The van der Waals surface area contributed by atoms with Crippen LogP contribution in [0.5, 0.6) is 0 Å². The second-order valence-electron chi connectivity index (χ2n) is 4.18. The Balaban J connectivity index is 2.17. The topological polar surface area (TPSA) is 98.7 Å². The lowest BCUT2D eigenvalue weighted by molar-refractivity contribution is 0.146. The van der Waals surface area contributed by atoms with Crippen molar-refractivity contribution in [2.24, 2.45) is 0 Å². The minimum Gasteiger partial charge on any atom is -0.382 e. The van der Waals surface area contributed by atoms with Gasteiger partial charge in [0.2, 0.25) is 0 Å². The summed E-state index contributed by atoms with van der Waals surface area (Å²) in [5.41, 5.74) is 6.22. The summed E-state index contributed by atoms with van der Waals surface area (Å²) in [6.07, 6.45) is 2.22. The second kappa shape index (κ2) is 6.21. The third-order valence-corrected chi connectivity index (χ3v) is 4.23. The fourth-order valence-corrected chi connectivity index (χ4v) is 3.14. The second-order valence-corrected chi connectivity index (χ2v) is 5.86. The van der Waals surface area contributed by atoms with Crippen molar-refractivity contribution in [1.29, 1.82) is 0 Å².